The van der Waals surface area contributed by atoms with Crippen molar-refractivity contribution in [2.24, 2.45) is 0 Å². The van der Waals surface area contributed by atoms with Gasteiger partial charge >= 0.3 is 5.97 Å². The van der Waals surface area contributed by atoms with Crippen LogP contribution in [0.25, 0.3) is 6.08 Å². The number of aromatic carboxylic acids is 1. The van der Waals surface area contributed by atoms with Crippen molar-refractivity contribution in [1.29, 1.82) is 0 Å². The molecule has 0 bridgehead atoms. The van der Waals surface area contributed by atoms with Gasteiger partial charge in [0.05, 0.1) is 5.56 Å². The molecule has 0 radical (unpaired) electrons. The van der Waals surface area contributed by atoms with Crippen LogP contribution in [0.5, 0.6) is 5.75 Å². The molecule has 2 N–H and O–H groups in total. The molecule has 0 aliphatic rings. The molecule has 0 atom stereocenters. The molecule has 0 fully saturated rings. The maximum Gasteiger partial charge on any atom is 0.335 e. The number of carbonyl (C=O) groups is 2. The zero-order chi connectivity index (χ0) is 16.3. The van der Waals surface area contributed by atoms with Gasteiger partial charge in [0.25, 0.3) is 0 Å². The summed E-state index contributed by atoms with van der Waals surface area (Å²) in [4.78, 5) is 22.8. The Bertz CT molecular complexity index is 732. The lowest BCUT2D eigenvalue weighted by atomic mass is 10.0. The smallest absolute Gasteiger partial charge is 0.335 e. The number of ketones is 1. The highest BCUT2D eigenvalue weighted by atomic mass is 16.4. The van der Waals surface area contributed by atoms with E-state index in [1.54, 1.807) is 32.1 Å². The first-order valence-corrected chi connectivity index (χ1v) is 6.74. The van der Waals surface area contributed by atoms with Crippen LogP contribution >= 0.6 is 0 Å². The highest BCUT2D eigenvalue weighted by Gasteiger charge is 2.06. The lowest BCUT2D eigenvalue weighted by Gasteiger charge is -2.04. The molecule has 0 unspecified atom stereocenters. The molecule has 112 valence electrons. The van der Waals surface area contributed by atoms with Crippen LogP contribution in [-0.4, -0.2) is 22.0 Å². The van der Waals surface area contributed by atoms with E-state index in [1.165, 1.54) is 30.3 Å². The normalized spacial score (nSPS) is 10.8. The molecule has 4 nitrogen and oxygen atoms in total. The Balaban J connectivity index is 2.19. The number of phenols is 1. The van der Waals surface area contributed by atoms with Gasteiger partial charge in [-0.25, -0.2) is 4.79 Å². The Labute approximate surface area is 128 Å². The summed E-state index contributed by atoms with van der Waals surface area (Å²) in [7, 11) is 0. The number of hydrogen-bond acceptors (Lipinski definition) is 3. The van der Waals surface area contributed by atoms with Crippen LogP contribution in [0.2, 0.25) is 0 Å². The van der Waals surface area contributed by atoms with E-state index in [2.05, 4.69) is 0 Å². The number of carbonyl (C=O) groups excluding carboxylic acids is 1. The molecule has 0 aliphatic heterocycles. The van der Waals surface area contributed by atoms with E-state index >= 15 is 0 Å². The molecule has 2 aromatic rings. The zero-order valence-corrected chi connectivity index (χ0v) is 12.3. The minimum absolute atomic E-state index is 0.144. The van der Waals surface area contributed by atoms with Gasteiger partial charge in [0.1, 0.15) is 5.75 Å². The van der Waals surface area contributed by atoms with Crippen molar-refractivity contribution in [3.05, 3.63) is 70.3 Å². The monoisotopic (exact) mass is 296 g/mol. The molecule has 0 aromatic heterocycles. The van der Waals surface area contributed by atoms with Crippen LogP contribution in [0.3, 0.4) is 0 Å². The van der Waals surface area contributed by atoms with Crippen molar-refractivity contribution in [2.75, 3.05) is 0 Å². The summed E-state index contributed by atoms with van der Waals surface area (Å²) in [5.74, 6) is -0.974. The first kappa shape index (κ1) is 15.5. The van der Waals surface area contributed by atoms with Gasteiger partial charge in [-0.2, -0.15) is 0 Å². The fourth-order valence-electron chi connectivity index (χ4n) is 2.13. The summed E-state index contributed by atoms with van der Waals surface area (Å²) >= 11 is 0. The van der Waals surface area contributed by atoms with E-state index in [-0.39, 0.29) is 17.1 Å². The third-order valence-corrected chi connectivity index (χ3v) is 3.36. The Morgan fingerprint density at radius 1 is 0.955 bits per heavy atom. The van der Waals surface area contributed by atoms with Crippen molar-refractivity contribution < 1.29 is 19.8 Å². The minimum atomic E-state index is -1.02. The fourth-order valence-corrected chi connectivity index (χ4v) is 2.13. The predicted molar refractivity (Wildman–Crippen MR) is 84.3 cm³/mol. The van der Waals surface area contributed by atoms with Crippen LogP contribution in [0.4, 0.5) is 0 Å². The Hall–Kier alpha value is -2.88. The van der Waals surface area contributed by atoms with E-state index in [9.17, 15) is 14.7 Å². The van der Waals surface area contributed by atoms with E-state index in [0.29, 0.717) is 5.56 Å². The second-order valence-corrected chi connectivity index (χ2v) is 5.08. The van der Waals surface area contributed by atoms with Crippen LogP contribution in [-0.2, 0) is 0 Å². The van der Waals surface area contributed by atoms with Gasteiger partial charge in [-0.3, -0.25) is 4.79 Å². The number of carboxylic acids is 1. The summed E-state index contributed by atoms with van der Waals surface area (Å²) in [5, 5.41) is 18.5. The predicted octanol–water partition coefficient (Wildman–Crippen LogP) is 3.60. The van der Waals surface area contributed by atoms with Crippen molar-refractivity contribution in [2.45, 2.75) is 13.8 Å². The van der Waals surface area contributed by atoms with Gasteiger partial charge in [-0.05, 0) is 60.9 Å². The van der Waals surface area contributed by atoms with Crippen LogP contribution in [0, 0.1) is 13.8 Å². The van der Waals surface area contributed by atoms with E-state index in [1.807, 2.05) is 0 Å². The molecule has 2 aromatic carbocycles. The standard InChI is InChI=1S/C18H16O4/c1-11-9-13(10-12(2)17(11)20)3-8-16(19)14-4-6-15(7-5-14)18(21)22/h3-10,20H,1-2H3,(H,21,22)/b8-3+. The Morgan fingerprint density at radius 2 is 1.45 bits per heavy atom. The van der Waals surface area contributed by atoms with Gasteiger partial charge in [0.2, 0.25) is 0 Å². The molecule has 0 aliphatic carbocycles. The molecule has 0 saturated carbocycles. The second-order valence-electron chi connectivity index (χ2n) is 5.08. The summed E-state index contributed by atoms with van der Waals surface area (Å²) in [5.41, 5.74) is 2.89. The van der Waals surface area contributed by atoms with Crippen LogP contribution in [0.1, 0.15) is 37.4 Å². The number of carboxylic acid groups (broad SMARTS) is 1. The maximum absolute atomic E-state index is 12.1. The number of benzene rings is 2. The number of aryl methyl sites for hydroxylation is 2. The number of allylic oxidation sites excluding steroid dienone is 1. The van der Waals surface area contributed by atoms with Gasteiger partial charge in [-0.15, -0.1) is 0 Å². The zero-order valence-electron chi connectivity index (χ0n) is 12.3. The maximum atomic E-state index is 12.1. The number of hydrogen-bond donors (Lipinski definition) is 2. The van der Waals surface area contributed by atoms with Crippen molar-refractivity contribution in [3.63, 3.8) is 0 Å². The SMILES string of the molecule is Cc1cc(/C=C/C(=O)c2ccc(C(=O)O)cc2)cc(C)c1O. The summed E-state index contributed by atoms with van der Waals surface area (Å²) < 4.78 is 0. The molecular formula is C18H16O4. The summed E-state index contributed by atoms with van der Waals surface area (Å²) in [6, 6.07) is 9.36. The highest BCUT2D eigenvalue weighted by Crippen LogP contribution is 2.23. The Kier molecular flexibility index (Phi) is 4.41. The molecular weight excluding hydrogens is 280 g/mol. The average molecular weight is 296 g/mol. The third-order valence-electron chi connectivity index (χ3n) is 3.36. The lowest BCUT2D eigenvalue weighted by Crippen LogP contribution is -1.98. The van der Waals surface area contributed by atoms with Crippen molar-refractivity contribution in [1.82, 2.24) is 0 Å². The Morgan fingerprint density at radius 3 is 1.95 bits per heavy atom. The van der Waals surface area contributed by atoms with Crippen LogP contribution in [0.15, 0.2) is 42.5 Å². The van der Waals surface area contributed by atoms with E-state index in [0.717, 1.165) is 16.7 Å². The van der Waals surface area contributed by atoms with Crippen LogP contribution < -0.4 is 0 Å². The molecule has 0 amide bonds. The molecule has 22 heavy (non-hydrogen) atoms. The number of rotatable bonds is 4. The lowest BCUT2D eigenvalue weighted by molar-refractivity contribution is 0.0696. The summed E-state index contributed by atoms with van der Waals surface area (Å²) in [6.07, 6.45) is 3.11. The van der Waals surface area contributed by atoms with Crippen molar-refractivity contribution in [3.8, 4) is 5.75 Å². The van der Waals surface area contributed by atoms with Gasteiger partial charge in [0.15, 0.2) is 5.78 Å². The van der Waals surface area contributed by atoms with Gasteiger partial charge in [-0.1, -0.05) is 18.2 Å². The average Bonchev–Trinajstić information content (AvgIpc) is 2.50. The molecule has 4 heteroatoms. The topological polar surface area (TPSA) is 74.6 Å². The fraction of sp³-hybridized carbons (Fsp3) is 0.111. The minimum Gasteiger partial charge on any atom is -0.507 e. The third kappa shape index (κ3) is 3.41. The van der Waals surface area contributed by atoms with E-state index < -0.39 is 5.97 Å². The second kappa shape index (κ2) is 6.26. The van der Waals surface area contributed by atoms with Crippen molar-refractivity contribution >= 4 is 17.8 Å². The first-order chi connectivity index (χ1) is 10.4. The molecule has 0 saturated heterocycles. The highest BCUT2D eigenvalue weighted by molar-refractivity contribution is 6.07. The number of aromatic hydroxyl groups is 1. The largest absolute Gasteiger partial charge is 0.507 e. The summed E-state index contributed by atoms with van der Waals surface area (Å²) in [6.45, 7) is 3.60. The first-order valence-electron chi connectivity index (χ1n) is 6.74. The van der Waals surface area contributed by atoms with E-state index in [4.69, 9.17) is 5.11 Å². The van der Waals surface area contributed by atoms with Gasteiger partial charge < -0.3 is 10.2 Å². The quantitative estimate of drug-likeness (QED) is 0.667. The molecule has 2 rings (SSSR count). The number of phenolic OH excluding ortho intramolecular Hbond substituents is 1. The van der Waals surface area contributed by atoms with Gasteiger partial charge in [0, 0.05) is 5.56 Å². The molecule has 0 spiro atoms. The molecule has 0 heterocycles.